The molecule has 7 nitrogen and oxygen atoms in total. The highest BCUT2D eigenvalue weighted by Gasteiger charge is 2.14. The lowest BCUT2D eigenvalue weighted by atomic mass is 10.3. The predicted molar refractivity (Wildman–Crippen MR) is 67.2 cm³/mol. The summed E-state index contributed by atoms with van der Waals surface area (Å²) in [6, 6.07) is 3.64. The molecule has 3 aromatic rings. The van der Waals surface area contributed by atoms with Crippen LogP contribution in [-0.2, 0) is 0 Å². The molecule has 3 heterocycles. The lowest BCUT2D eigenvalue weighted by Gasteiger charge is -1.92. The topological polar surface area (TPSA) is 107 Å². The van der Waals surface area contributed by atoms with Crippen LogP contribution in [0.4, 0.5) is 5.82 Å². The number of nitrogens with one attached hydrogen (secondary N) is 1. The molecule has 0 aromatic carbocycles. The van der Waals surface area contributed by atoms with E-state index >= 15 is 0 Å². The number of pyridine rings is 1. The Morgan fingerprint density at radius 3 is 2.83 bits per heavy atom. The Labute approximate surface area is 110 Å². The Morgan fingerprint density at radius 1 is 1.28 bits per heavy atom. The first kappa shape index (κ1) is 10.9. The number of hydrogen-bond donors (Lipinski definition) is 2. The van der Waals surface area contributed by atoms with Crippen LogP contribution in [0, 0.1) is 0 Å². The van der Waals surface area contributed by atoms with E-state index in [-0.39, 0.29) is 0 Å². The van der Waals surface area contributed by atoms with Gasteiger partial charge >= 0.3 is 0 Å². The Kier molecular flexibility index (Phi) is 2.56. The van der Waals surface area contributed by atoms with Gasteiger partial charge in [0.2, 0.25) is 5.82 Å². The minimum Gasteiger partial charge on any atom is -0.383 e. The molecule has 0 unspecified atom stereocenters. The number of hydrogen-bond acceptors (Lipinski definition) is 6. The van der Waals surface area contributed by atoms with Crippen molar-refractivity contribution in [3.05, 3.63) is 29.0 Å². The van der Waals surface area contributed by atoms with Gasteiger partial charge in [0, 0.05) is 10.7 Å². The summed E-state index contributed by atoms with van der Waals surface area (Å²) in [5.74, 6) is 1.09. The van der Waals surface area contributed by atoms with Crippen LogP contribution in [0.25, 0.3) is 23.0 Å². The molecule has 18 heavy (non-hydrogen) atoms. The third kappa shape index (κ3) is 1.86. The predicted octanol–water partition coefficient (Wildman–Crippen LogP) is 1.87. The van der Waals surface area contributed by atoms with Gasteiger partial charge in [-0.3, -0.25) is 10.1 Å². The second-order valence-electron chi connectivity index (χ2n) is 3.48. The number of anilines is 1. The van der Waals surface area contributed by atoms with Gasteiger partial charge in [-0.25, -0.2) is 0 Å². The molecule has 0 saturated carbocycles. The minimum absolute atomic E-state index is 0.306. The van der Waals surface area contributed by atoms with Crippen LogP contribution in [0.15, 0.2) is 33.5 Å². The maximum absolute atomic E-state index is 5.67. The van der Waals surface area contributed by atoms with Crippen LogP contribution in [-0.4, -0.2) is 25.3 Å². The maximum atomic E-state index is 5.67. The summed E-state index contributed by atoms with van der Waals surface area (Å²) in [5, 5.41) is 10.2. The average Bonchev–Trinajstić information content (AvgIpc) is 2.98. The fourth-order valence-electron chi connectivity index (χ4n) is 1.41. The molecule has 3 rings (SSSR count). The highest BCUT2D eigenvalue weighted by molar-refractivity contribution is 9.10. The van der Waals surface area contributed by atoms with Crippen molar-refractivity contribution in [2.75, 3.05) is 5.73 Å². The van der Waals surface area contributed by atoms with E-state index in [2.05, 4.69) is 41.3 Å². The molecule has 0 spiro atoms. The van der Waals surface area contributed by atoms with Crippen LogP contribution in [0.1, 0.15) is 0 Å². The average molecular weight is 307 g/mol. The molecule has 0 bridgehead atoms. The zero-order valence-corrected chi connectivity index (χ0v) is 10.5. The number of aromatic nitrogens is 5. The van der Waals surface area contributed by atoms with Crippen LogP contribution >= 0.6 is 15.9 Å². The Hall–Kier alpha value is -2.22. The van der Waals surface area contributed by atoms with Crippen molar-refractivity contribution >= 4 is 21.7 Å². The van der Waals surface area contributed by atoms with Gasteiger partial charge in [0.15, 0.2) is 0 Å². The molecule has 0 aliphatic carbocycles. The minimum atomic E-state index is 0.306. The first-order chi connectivity index (χ1) is 8.74. The molecule has 3 aromatic heterocycles. The van der Waals surface area contributed by atoms with E-state index in [1.807, 2.05) is 6.07 Å². The van der Waals surface area contributed by atoms with E-state index in [0.717, 1.165) is 4.47 Å². The van der Waals surface area contributed by atoms with Crippen LogP contribution < -0.4 is 5.73 Å². The molecule has 0 saturated heterocycles. The molecular weight excluding hydrogens is 300 g/mol. The molecule has 0 fully saturated rings. The van der Waals surface area contributed by atoms with E-state index in [0.29, 0.717) is 28.8 Å². The number of nitrogen functional groups attached to an aromatic ring is 1. The normalized spacial score (nSPS) is 10.7. The number of nitrogens with zero attached hydrogens (tertiary/aromatic N) is 4. The van der Waals surface area contributed by atoms with E-state index in [1.54, 1.807) is 12.3 Å². The standard InChI is InChI=1S/C10H7BrN6O/c11-5-1-2-7(13-3-5)9-15-10(18-17-9)6-4-14-16-8(6)12/h1-4H,(H3,12,14,16). The summed E-state index contributed by atoms with van der Waals surface area (Å²) in [6.45, 7) is 0. The molecule has 8 heteroatoms. The van der Waals surface area contributed by atoms with Crippen molar-refractivity contribution in [2.45, 2.75) is 0 Å². The molecule has 0 amide bonds. The summed E-state index contributed by atoms with van der Waals surface area (Å²) in [5.41, 5.74) is 6.87. The van der Waals surface area contributed by atoms with Crippen molar-refractivity contribution in [1.29, 1.82) is 0 Å². The fraction of sp³-hybridized carbons (Fsp3) is 0. The van der Waals surface area contributed by atoms with Crippen LogP contribution in [0.3, 0.4) is 0 Å². The van der Waals surface area contributed by atoms with Gasteiger partial charge in [-0.05, 0) is 28.1 Å². The number of halogens is 1. The lowest BCUT2D eigenvalue weighted by Crippen LogP contribution is -1.88. The monoisotopic (exact) mass is 306 g/mol. The quantitative estimate of drug-likeness (QED) is 0.748. The largest absolute Gasteiger partial charge is 0.383 e. The van der Waals surface area contributed by atoms with Crippen molar-refractivity contribution in [3.63, 3.8) is 0 Å². The van der Waals surface area contributed by atoms with Gasteiger partial charge < -0.3 is 10.3 Å². The van der Waals surface area contributed by atoms with Gasteiger partial charge in [-0.1, -0.05) is 5.16 Å². The number of rotatable bonds is 2. The summed E-state index contributed by atoms with van der Waals surface area (Å²) in [4.78, 5) is 8.40. The third-order valence-electron chi connectivity index (χ3n) is 2.28. The van der Waals surface area contributed by atoms with E-state index in [4.69, 9.17) is 10.3 Å². The molecule has 0 aliphatic heterocycles. The number of nitrogens with two attached hydrogens (primary N) is 1. The highest BCUT2D eigenvalue weighted by Crippen LogP contribution is 2.24. The van der Waals surface area contributed by atoms with Crippen LogP contribution in [0.2, 0.25) is 0 Å². The second kappa shape index (κ2) is 4.22. The first-order valence-electron chi connectivity index (χ1n) is 4.99. The summed E-state index contributed by atoms with van der Waals surface area (Å²) < 4.78 is 6.01. The van der Waals surface area contributed by atoms with E-state index in [1.165, 1.54) is 6.20 Å². The molecular formula is C10H7BrN6O. The van der Waals surface area contributed by atoms with Crippen molar-refractivity contribution < 1.29 is 4.52 Å². The smallest absolute Gasteiger partial charge is 0.263 e. The highest BCUT2D eigenvalue weighted by atomic mass is 79.9. The Balaban J connectivity index is 1.99. The summed E-state index contributed by atoms with van der Waals surface area (Å²) in [6.07, 6.45) is 3.19. The third-order valence-corrected chi connectivity index (χ3v) is 2.75. The molecule has 3 N–H and O–H groups in total. The fourth-order valence-corrected chi connectivity index (χ4v) is 1.65. The Morgan fingerprint density at radius 2 is 2.17 bits per heavy atom. The zero-order valence-electron chi connectivity index (χ0n) is 8.96. The number of aromatic amines is 1. The van der Waals surface area contributed by atoms with Gasteiger partial charge in [0.1, 0.15) is 17.1 Å². The second-order valence-corrected chi connectivity index (χ2v) is 4.40. The van der Waals surface area contributed by atoms with Gasteiger partial charge in [-0.15, -0.1) is 0 Å². The Bertz CT molecular complexity index is 674. The molecule has 90 valence electrons. The van der Waals surface area contributed by atoms with Crippen molar-refractivity contribution in [1.82, 2.24) is 25.3 Å². The first-order valence-corrected chi connectivity index (χ1v) is 5.78. The van der Waals surface area contributed by atoms with Crippen molar-refractivity contribution in [2.24, 2.45) is 0 Å². The van der Waals surface area contributed by atoms with Gasteiger partial charge in [0.25, 0.3) is 5.89 Å². The van der Waals surface area contributed by atoms with E-state index in [9.17, 15) is 0 Å². The number of H-pyrrole nitrogens is 1. The van der Waals surface area contributed by atoms with Gasteiger partial charge in [-0.2, -0.15) is 10.1 Å². The lowest BCUT2D eigenvalue weighted by molar-refractivity contribution is 0.432. The van der Waals surface area contributed by atoms with Gasteiger partial charge in [0.05, 0.1) is 6.20 Å². The molecule has 0 atom stereocenters. The van der Waals surface area contributed by atoms with Crippen LogP contribution in [0.5, 0.6) is 0 Å². The zero-order chi connectivity index (χ0) is 12.5. The molecule has 0 radical (unpaired) electrons. The maximum Gasteiger partial charge on any atom is 0.263 e. The molecule has 0 aliphatic rings. The SMILES string of the molecule is Nc1[nH]ncc1-c1nc(-c2ccc(Br)cn2)no1. The summed E-state index contributed by atoms with van der Waals surface area (Å²) >= 11 is 3.31. The van der Waals surface area contributed by atoms with E-state index < -0.39 is 0 Å². The summed E-state index contributed by atoms with van der Waals surface area (Å²) in [7, 11) is 0. The van der Waals surface area contributed by atoms with Crippen molar-refractivity contribution in [3.8, 4) is 23.0 Å².